The number of piperidine rings is 1. The van der Waals surface area contributed by atoms with Crippen molar-refractivity contribution in [2.75, 3.05) is 13.1 Å². The molecular weight excluding hydrogens is 374 g/mol. The first-order valence-electron chi connectivity index (χ1n) is 9.51. The molecule has 0 N–H and O–H groups in total. The van der Waals surface area contributed by atoms with Gasteiger partial charge in [0.2, 0.25) is 5.78 Å². The fourth-order valence-electron chi connectivity index (χ4n) is 3.42. The fraction of sp³-hybridized carbons (Fsp3) is 0.409. The molecule has 0 spiro atoms. The standard InChI is InChI=1S/C22H25NO4S/c1-14-6-7-15(2)18(13-14)20(24)16(3)27-22(26)17-8-10-23(11-9-17)21(25)19-5-4-12-28-19/h4-7,12-13,16-17H,8-11H2,1-3H3/t16-/m1/s1. The first-order chi connectivity index (χ1) is 13.4. The van der Waals surface area contributed by atoms with Gasteiger partial charge in [0, 0.05) is 18.7 Å². The smallest absolute Gasteiger partial charge is 0.309 e. The topological polar surface area (TPSA) is 63.7 Å². The normalized spacial score (nSPS) is 15.9. The van der Waals surface area contributed by atoms with Crippen LogP contribution in [0.4, 0.5) is 0 Å². The molecule has 0 unspecified atom stereocenters. The van der Waals surface area contributed by atoms with Gasteiger partial charge >= 0.3 is 5.97 Å². The van der Waals surface area contributed by atoms with E-state index in [0.29, 0.717) is 36.4 Å². The van der Waals surface area contributed by atoms with Crippen LogP contribution in [0.25, 0.3) is 0 Å². The number of ketones is 1. The van der Waals surface area contributed by atoms with Gasteiger partial charge in [-0.15, -0.1) is 11.3 Å². The molecule has 0 aliphatic carbocycles. The number of carbonyl (C=O) groups excluding carboxylic acids is 3. The Morgan fingerprint density at radius 3 is 2.50 bits per heavy atom. The van der Waals surface area contributed by atoms with Gasteiger partial charge in [0.1, 0.15) is 0 Å². The number of esters is 1. The minimum absolute atomic E-state index is 0.0142. The molecule has 0 bridgehead atoms. The van der Waals surface area contributed by atoms with Crippen LogP contribution in [0.2, 0.25) is 0 Å². The van der Waals surface area contributed by atoms with Crippen molar-refractivity contribution in [1.82, 2.24) is 4.90 Å². The van der Waals surface area contributed by atoms with E-state index in [2.05, 4.69) is 0 Å². The molecule has 0 saturated carbocycles. The van der Waals surface area contributed by atoms with Crippen LogP contribution in [0.15, 0.2) is 35.7 Å². The van der Waals surface area contributed by atoms with Gasteiger partial charge in [-0.3, -0.25) is 14.4 Å². The minimum atomic E-state index is -0.821. The van der Waals surface area contributed by atoms with Crippen LogP contribution in [0.1, 0.15) is 50.9 Å². The zero-order chi connectivity index (χ0) is 20.3. The maximum Gasteiger partial charge on any atom is 0.309 e. The number of hydrogen-bond donors (Lipinski definition) is 0. The molecule has 1 aliphatic heterocycles. The molecule has 1 aliphatic rings. The number of ether oxygens (including phenoxy) is 1. The Hall–Kier alpha value is -2.47. The molecule has 28 heavy (non-hydrogen) atoms. The largest absolute Gasteiger partial charge is 0.454 e. The second-order valence-corrected chi connectivity index (χ2v) is 8.25. The molecule has 1 atom stereocenters. The Bertz CT molecular complexity index is 867. The predicted octanol–water partition coefficient (Wildman–Crippen LogP) is 4.03. The van der Waals surface area contributed by atoms with Crippen molar-refractivity contribution in [1.29, 1.82) is 0 Å². The number of Topliss-reactive ketones (excluding diaryl/α,β-unsaturated/α-hetero) is 1. The lowest BCUT2D eigenvalue weighted by Crippen LogP contribution is -2.41. The molecule has 1 fully saturated rings. The summed E-state index contributed by atoms with van der Waals surface area (Å²) in [6, 6.07) is 9.35. The predicted molar refractivity (Wildman–Crippen MR) is 109 cm³/mol. The van der Waals surface area contributed by atoms with E-state index in [1.54, 1.807) is 11.8 Å². The van der Waals surface area contributed by atoms with Crippen LogP contribution in [0.3, 0.4) is 0 Å². The summed E-state index contributed by atoms with van der Waals surface area (Å²) in [5.41, 5.74) is 2.46. The molecule has 1 saturated heterocycles. The van der Waals surface area contributed by atoms with Gasteiger partial charge in [-0.25, -0.2) is 0 Å². The Balaban J connectivity index is 1.54. The number of likely N-dealkylation sites (tertiary alicyclic amines) is 1. The number of hydrogen-bond acceptors (Lipinski definition) is 5. The van der Waals surface area contributed by atoms with E-state index >= 15 is 0 Å². The van der Waals surface area contributed by atoms with Crippen LogP contribution in [0, 0.1) is 19.8 Å². The van der Waals surface area contributed by atoms with E-state index in [1.807, 2.05) is 49.6 Å². The van der Waals surface area contributed by atoms with Crippen molar-refractivity contribution < 1.29 is 19.1 Å². The molecule has 1 amide bonds. The van der Waals surface area contributed by atoms with E-state index in [9.17, 15) is 14.4 Å². The third-order valence-electron chi connectivity index (χ3n) is 5.17. The van der Waals surface area contributed by atoms with Crippen LogP contribution in [-0.4, -0.2) is 41.8 Å². The van der Waals surface area contributed by atoms with Crippen molar-refractivity contribution in [3.63, 3.8) is 0 Å². The van der Waals surface area contributed by atoms with Gasteiger partial charge in [-0.1, -0.05) is 23.8 Å². The van der Waals surface area contributed by atoms with E-state index in [-0.39, 0.29) is 23.6 Å². The number of benzene rings is 1. The molecule has 2 heterocycles. The van der Waals surface area contributed by atoms with Crippen molar-refractivity contribution >= 4 is 29.0 Å². The highest BCUT2D eigenvalue weighted by atomic mass is 32.1. The highest BCUT2D eigenvalue weighted by Gasteiger charge is 2.31. The molecule has 0 radical (unpaired) electrons. The summed E-state index contributed by atoms with van der Waals surface area (Å²) in [7, 11) is 0. The summed E-state index contributed by atoms with van der Waals surface area (Å²) in [5.74, 6) is -0.796. The SMILES string of the molecule is Cc1ccc(C)c(C(=O)[C@@H](C)OC(=O)C2CCN(C(=O)c3cccs3)CC2)c1. The highest BCUT2D eigenvalue weighted by molar-refractivity contribution is 7.12. The molecule has 2 aromatic rings. The van der Waals surface area contributed by atoms with Gasteiger partial charge in [-0.05, 0) is 56.7 Å². The average Bonchev–Trinajstić information content (AvgIpc) is 3.23. The van der Waals surface area contributed by atoms with Crippen LogP contribution in [0.5, 0.6) is 0 Å². The Labute approximate surface area is 169 Å². The third kappa shape index (κ3) is 4.50. The molecule has 148 valence electrons. The van der Waals surface area contributed by atoms with E-state index < -0.39 is 6.10 Å². The van der Waals surface area contributed by atoms with Crippen LogP contribution < -0.4 is 0 Å². The number of aryl methyl sites for hydroxylation is 2. The average molecular weight is 400 g/mol. The molecular formula is C22H25NO4S. The van der Waals surface area contributed by atoms with Crippen LogP contribution in [-0.2, 0) is 9.53 Å². The number of thiophene rings is 1. The van der Waals surface area contributed by atoms with E-state index in [4.69, 9.17) is 4.74 Å². The monoisotopic (exact) mass is 399 g/mol. The molecule has 6 heteroatoms. The fourth-order valence-corrected chi connectivity index (χ4v) is 4.11. The van der Waals surface area contributed by atoms with Gasteiger partial charge in [0.25, 0.3) is 5.91 Å². The maximum atomic E-state index is 12.7. The van der Waals surface area contributed by atoms with Gasteiger partial charge in [0.05, 0.1) is 10.8 Å². The summed E-state index contributed by atoms with van der Waals surface area (Å²) in [4.78, 5) is 40.1. The second kappa shape index (κ2) is 8.69. The summed E-state index contributed by atoms with van der Waals surface area (Å²) in [6.07, 6.45) is 0.291. The van der Waals surface area contributed by atoms with Gasteiger partial charge < -0.3 is 9.64 Å². The number of nitrogens with zero attached hydrogens (tertiary/aromatic N) is 1. The third-order valence-corrected chi connectivity index (χ3v) is 6.03. The minimum Gasteiger partial charge on any atom is -0.454 e. The quantitative estimate of drug-likeness (QED) is 0.562. The Morgan fingerprint density at radius 1 is 1.14 bits per heavy atom. The number of amides is 1. The Morgan fingerprint density at radius 2 is 1.86 bits per heavy atom. The van der Waals surface area contributed by atoms with Crippen LogP contribution >= 0.6 is 11.3 Å². The summed E-state index contributed by atoms with van der Waals surface area (Å²) in [5, 5.41) is 1.88. The lowest BCUT2D eigenvalue weighted by molar-refractivity contribution is -0.152. The lowest BCUT2D eigenvalue weighted by Gasteiger charge is -2.31. The first kappa shape index (κ1) is 20.3. The molecule has 5 nitrogen and oxygen atoms in total. The molecule has 3 rings (SSSR count). The number of carbonyl (C=O) groups is 3. The molecule has 1 aromatic carbocycles. The van der Waals surface area contributed by atoms with Crippen molar-refractivity contribution in [3.05, 3.63) is 57.3 Å². The summed E-state index contributed by atoms with van der Waals surface area (Å²) >= 11 is 1.42. The Kier molecular flexibility index (Phi) is 6.29. The van der Waals surface area contributed by atoms with E-state index in [0.717, 1.165) is 11.1 Å². The van der Waals surface area contributed by atoms with Crippen molar-refractivity contribution in [3.8, 4) is 0 Å². The maximum absolute atomic E-state index is 12.7. The van der Waals surface area contributed by atoms with Crippen molar-refractivity contribution in [2.24, 2.45) is 5.92 Å². The second-order valence-electron chi connectivity index (χ2n) is 7.31. The summed E-state index contributed by atoms with van der Waals surface area (Å²) in [6.45, 7) is 6.47. The summed E-state index contributed by atoms with van der Waals surface area (Å²) < 4.78 is 5.48. The van der Waals surface area contributed by atoms with Crippen molar-refractivity contribution in [2.45, 2.75) is 39.7 Å². The number of rotatable bonds is 5. The molecule has 1 aromatic heterocycles. The lowest BCUT2D eigenvalue weighted by atomic mass is 9.96. The first-order valence-corrected chi connectivity index (χ1v) is 10.4. The highest BCUT2D eigenvalue weighted by Crippen LogP contribution is 2.23. The van der Waals surface area contributed by atoms with Gasteiger partial charge in [-0.2, -0.15) is 0 Å². The zero-order valence-electron chi connectivity index (χ0n) is 16.4. The zero-order valence-corrected chi connectivity index (χ0v) is 17.3. The van der Waals surface area contributed by atoms with Gasteiger partial charge in [0.15, 0.2) is 6.10 Å². The van der Waals surface area contributed by atoms with E-state index in [1.165, 1.54) is 11.3 Å².